The lowest BCUT2D eigenvalue weighted by Gasteiger charge is -2.05. The van der Waals surface area contributed by atoms with Crippen molar-refractivity contribution >= 4 is 5.69 Å². The molecule has 3 heteroatoms. The molecule has 0 unspecified atom stereocenters. The van der Waals surface area contributed by atoms with Crippen molar-refractivity contribution in [2.45, 2.75) is 6.42 Å². The van der Waals surface area contributed by atoms with Gasteiger partial charge in [0.15, 0.2) is 0 Å². The Bertz CT molecular complexity index is 514. The molecule has 0 radical (unpaired) electrons. The predicted octanol–water partition coefficient (Wildman–Crippen LogP) is 2.61. The first-order chi connectivity index (χ1) is 8.38. The van der Waals surface area contributed by atoms with Crippen molar-refractivity contribution in [2.75, 3.05) is 11.9 Å². The highest BCUT2D eigenvalue weighted by atomic mass is 14.9. The second-order valence-corrected chi connectivity index (χ2v) is 3.69. The molecule has 3 nitrogen and oxygen atoms in total. The van der Waals surface area contributed by atoms with E-state index < -0.39 is 0 Å². The number of anilines is 1. The highest BCUT2D eigenvalue weighted by Gasteiger charge is 1.95. The van der Waals surface area contributed by atoms with Gasteiger partial charge in [-0.25, -0.2) is 0 Å². The van der Waals surface area contributed by atoms with E-state index in [0.29, 0.717) is 5.56 Å². The zero-order valence-corrected chi connectivity index (χ0v) is 9.43. The van der Waals surface area contributed by atoms with Gasteiger partial charge in [-0.3, -0.25) is 4.98 Å². The predicted molar refractivity (Wildman–Crippen MR) is 67.6 cm³/mol. The quantitative estimate of drug-likeness (QED) is 0.866. The lowest BCUT2D eigenvalue weighted by atomic mass is 10.2. The lowest BCUT2D eigenvalue weighted by Crippen LogP contribution is -2.05. The number of pyridine rings is 1. The normalized spacial score (nSPS) is 9.59. The number of nitrogens with one attached hydrogen (secondary N) is 1. The van der Waals surface area contributed by atoms with Gasteiger partial charge in [0.25, 0.3) is 0 Å². The van der Waals surface area contributed by atoms with Crippen LogP contribution in [0, 0.1) is 11.3 Å². The van der Waals surface area contributed by atoms with Crippen LogP contribution in [0.15, 0.2) is 48.7 Å². The van der Waals surface area contributed by atoms with Crippen LogP contribution in [-0.4, -0.2) is 11.5 Å². The number of hydrogen-bond acceptors (Lipinski definition) is 3. The summed E-state index contributed by atoms with van der Waals surface area (Å²) in [6, 6.07) is 15.5. The van der Waals surface area contributed by atoms with Crippen molar-refractivity contribution in [3.63, 3.8) is 0 Å². The van der Waals surface area contributed by atoms with Crippen molar-refractivity contribution < 1.29 is 0 Å². The van der Waals surface area contributed by atoms with Gasteiger partial charge in [0, 0.05) is 30.5 Å². The third kappa shape index (κ3) is 3.32. The molecule has 0 bridgehead atoms. The van der Waals surface area contributed by atoms with Crippen LogP contribution in [-0.2, 0) is 6.42 Å². The standard InChI is InChI=1S/C14H13N3/c15-11-12-4-3-6-14(10-12)17-9-7-13-5-1-2-8-16-13/h1-6,8,10,17H,7,9H2. The molecular formula is C14H13N3. The fourth-order valence-corrected chi connectivity index (χ4v) is 1.58. The summed E-state index contributed by atoms with van der Waals surface area (Å²) in [4.78, 5) is 4.25. The molecule has 0 aliphatic rings. The van der Waals surface area contributed by atoms with Gasteiger partial charge in [-0.1, -0.05) is 12.1 Å². The van der Waals surface area contributed by atoms with Crippen LogP contribution in [0.25, 0.3) is 0 Å². The van der Waals surface area contributed by atoms with E-state index in [4.69, 9.17) is 5.26 Å². The van der Waals surface area contributed by atoms with Crippen molar-refractivity contribution in [3.8, 4) is 6.07 Å². The van der Waals surface area contributed by atoms with Crippen molar-refractivity contribution in [1.29, 1.82) is 5.26 Å². The molecule has 0 spiro atoms. The summed E-state index contributed by atoms with van der Waals surface area (Å²) in [5.41, 5.74) is 2.71. The highest BCUT2D eigenvalue weighted by molar-refractivity contribution is 5.49. The number of aromatic nitrogens is 1. The maximum atomic E-state index is 8.78. The van der Waals surface area contributed by atoms with E-state index in [0.717, 1.165) is 24.3 Å². The Morgan fingerprint density at radius 2 is 2.12 bits per heavy atom. The van der Waals surface area contributed by atoms with Gasteiger partial charge in [-0.15, -0.1) is 0 Å². The summed E-state index contributed by atoms with van der Waals surface area (Å²) in [6.07, 6.45) is 2.67. The third-order valence-corrected chi connectivity index (χ3v) is 2.43. The molecule has 0 atom stereocenters. The minimum Gasteiger partial charge on any atom is -0.385 e. The third-order valence-electron chi connectivity index (χ3n) is 2.43. The molecule has 0 amide bonds. The Morgan fingerprint density at radius 1 is 1.18 bits per heavy atom. The van der Waals surface area contributed by atoms with Crippen LogP contribution >= 0.6 is 0 Å². The summed E-state index contributed by atoms with van der Waals surface area (Å²) in [5.74, 6) is 0. The van der Waals surface area contributed by atoms with Crippen LogP contribution in [0.1, 0.15) is 11.3 Å². The van der Waals surface area contributed by atoms with Gasteiger partial charge < -0.3 is 5.32 Å². The van der Waals surface area contributed by atoms with Gasteiger partial charge in [-0.2, -0.15) is 5.26 Å². The average molecular weight is 223 g/mol. The Labute approximate surface area is 101 Å². The molecule has 84 valence electrons. The maximum Gasteiger partial charge on any atom is 0.0992 e. The number of nitriles is 1. The number of rotatable bonds is 4. The first-order valence-corrected chi connectivity index (χ1v) is 5.52. The number of benzene rings is 1. The molecule has 1 N–H and O–H groups in total. The largest absolute Gasteiger partial charge is 0.385 e. The summed E-state index contributed by atoms with van der Waals surface area (Å²) in [7, 11) is 0. The Kier molecular flexibility index (Phi) is 3.72. The highest BCUT2D eigenvalue weighted by Crippen LogP contribution is 2.09. The molecule has 17 heavy (non-hydrogen) atoms. The molecule has 0 saturated heterocycles. The van der Waals surface area contributed by atoms with Gasteiger partial charge in [0.05, 0.1) is 11.6 Å². The molecule has 1 heterocycles. The van der Waals surface area contributed by atoms with E-state index in [2.05, 4.69) is 16.4 Å². The molecule has 2 aromatic rings. The van der Waals surface area contributed by atoms with Crippen LogP contribution in [0.4, 0.5) is 5.69 Å². The minimum absolute atomic E-state index is 0.674. The summed E-state index contributed by atoms with van der Waals surface area (Å²) < 4.78 is 0. The number of hydrogen-bond donors (Lipinski definition) is 1. The van der Waals surface area contributed by atoms with Gasteiger partial charge in [-0.05, 0) is 30.3 Å². The van der Waals surface area contributed by atoms with E-state index in [1.54, 1.807) is 12.3 Å². The van der Waals surface area contributed by atoms with Crippen LogP contribution in [0.5, 0.6) is 0 Å². The van der Waals surface area contributed by atoms with E-state index in [9.17, 15) is 0 Å². The molecule has 1 aromatic heterocycles. The molecule has 0 fully saturated rings. The lowest BCUT2D eigenvalue weighted by molar-refractivity contribution is 0.961. The van der Waals surface area contributed by atoms with E-state index in [1.807, 2.05) is 36.4 Å². The van der Waals surface area contributed by atoms with E-state index >= 15 is 0 Å². The molecule has 0 aliphatic carbocycles. The minimum atomic E-state index is 0.674. The van der Waals surface area contributed by atoms with Crippen molar-refractivity contribution in [2.24, 2.45) is 0 Å². The smallest absolute Gasteiger partial charge is 0.0992 e. The summed E-state index contributed by atoms with van der Waals surface area (Å²) in [6.45, 7) is 0.811. The van der Waals surface area contributed by atoms with E-state index in [1.165, 1.54) is 0 Å². The van der Waals surface area contributed by atoms with Gasteiger partial charge in [0.2, 0.25) is 0 Å². The molecule has 1 aromatic carbocycles. The zero-order valence-electron chi connectivity index (χ0n) is 9.43. The van der Waals surface area contributed by atoms with Crippen LogP contribution in [0.3, 0.4) is 0 Å². The Morgan fingerprint density at radius 3 is 2.88 bits per heavy atom. The SMILES string of the molecule is N#Cc1cccc(NCCc2ccccn2)c1. The van der Waals surface area contributed by atoms with Crippen LogP contribution in [0.2, 0.25) is 0 Å². The van der Waals surface area contributed by atoms with Gasteiger partial charge >= 0.3 is 0 Å². The summed E-state index contributed by atoms with van der Waals surface area (Å²) in [5, 5.41) is 12.1. The van der Waals surface area contributed by atoms with Crippen LogP contribution < -0.4 is 5.32 Å². The second-order valence-electron chi connectivity index (χ2n) is 3.69. The molecule has 0 aliphatic heterocycles. The number of nitrogens with zero attached hydrogens (tertiary/aromatic N) is 2. The first-order valence-electron chi connectivity index (χ1n) is 5.52. The molecule has 0 saturated carbocycles. The topological polar surface area (TPSA) is 48.7 Å². The van der Waals surface area contributed by atoms with Crippen molar-refractivity contribution in [3.05, 3.63) is 59.9 Å². The van der Waals surface area contributed by atoms with E-state index in [-0.39, 0.29) is 0 Å². The maximum absolute atomic E-state index is 8.78. The zero-order chi connectivity index (χ0) is 11.9. The van der Waals surface area contributed by atoms with Crippen molar-refractivity contribution in [1.82, 2.24) is 4.98 Å². The fourth-order valence-electron chi connectivity index (χ4n) is 1.58. The molecule has 2 rings (SSSR count). The fraction of sp³-hybridized carbons (Fsp3) is 0.143. The monoisotopic (exact) mass is 223 g/mol. The molecular weight excluding hydrogens is 210 g/mol. The Hall–Kier alpha value is -2.34. The Balaban J connectivity index is 1.88. The first kappa shape index (κ1) is 11.2. The van der Waals surface area contributed by atoms with Gasteiger partial charge in [0.1, 0.15) is 0 Å². The second kappa shape index (κ2) is 5.66. The summed E-state index contributed by atoms with van der Waals surface area (Å²) >= 11 is 0. The average Bonchev–Trinajstić information content (AvgIpc) is 2.40.